The van der Waals surface area contributed by atoms with Gasteiger partial charge in [-0.15, -0.1) is 0 Å². The molecule has 94 valence electrons. The second kappa shape index (κ2) is 6.35. The van der Waals surface area contributed by atoms with Gasteiger partial charge in [-0.2, -0.15) is 0 Å². The number of ketones is 1. The van der Waals surface area contributed by atoms with Crippen molar-refractivity contribution in [1.29, 1.82) is 0 Å². The fourth-order valence-electron chi connectivity index (χ4n) is 1.37. The van der Waals surface area contributed by atoms with Gasteiger partial charge in [0.1, 0.15) is 5.75 Å². The monoisotopic (exact) mass is 237 g/mol. The van der Waals surface area contributed by atoms with Gasteiger partial charge in [0.15, 0.2) is 5.78 Å². The lowest BCUT2D eigenvalue weighted by molar-refractivity contribution is 0.0791. The third-order valence-electron chi connectivity index (χ3n) is 2.28. The number of ether oxygens (including phenoxy) is 2. The molecule has 0 spiro atoms. The molecule has 0 radical (unpaired) electrons. The molecule has 1 aromatic heterocycles. The molecule has 1 unspecified atom stereocenters. The van der Waals surface area contributed by atoms with Crippen LogP contribution in [0.25, 0.3) is 0 Å². The minimum absolute atomic E-state index is 0.0149. The average molecular weight is 237 g/mol. The van der Waals surface area contributed by atoms with E-state index in [9.17, 15) is 4.79 Å². The molecule has 17 heavy (non-hydrogen) atoms. The molecule has 0 fully saturated rings. The zero-order valence-electron chi connectivity index (χ0n) is 10.8. The van der Waals surface area contributed by atoms with E-state index < -0.39 is 0 Å². The first kappa shape index (κ1) is 13.6. The van der Waals surface area contributed by atoms with Gasteiger partial charge >= 0.3 is 0 Å². The van der Waals surface area contributed by atoms with Crippen LogP contribution in [-0.4, -0.2) is 30.1 Å². The van der Waals surface area contributed by atoms with Crippen LogP contribution in [0, 0.1) is 0 Å². The van der Waals surface area contributed by atoms with Crippen molar-refractivity contribution in [3.8, 4) is 5.75 Å². The van der Waals surface area contributed by atoms with Crippen LogP contribution >= 0.6 is 0 Å². The van der Waals surface area contributed by atoms with Crippen LogP contribution < -0.4 is 4.74 Å². The van der Waals surface area contributed by atoms with E-state index in [1.807, 2.05) is 20.8 Å². The van der Waals surface area contributed by atoms with Crippen molar-refractivity contribution < 1.29 is 14.3 Å². The maximum atomic E-state index is 11.9. The lowest BCUT2D eigenvalue weighted by Gasteiger charge is -2.11. The number of carbonyl (C=O) groups excluding carboxylic acids is 1. The minimum atomic E-state index is -0.0860. The van der Waals surface area contributed by atoms with Gasteiger partial charge in [0.25, 0.3) is 0 Å². The Hall–Kier alpha value is -1.42. The molecular weight excluding hydrogens is 218 g/mol. The van der Waals surface area contributed by atoms with Crippen molar-refractivity contribution in [3.05, 3.63) is 24.0 Å². The van der Waals surface area contributed by atoms with E-state index in [0.717, 1.165) is 0 Å². The highest BCUT2D eigenvalue weighted by Crippen LogP contribution is 2.15. The van der Waals surface area contributed by atoms with Gasteiger partial charge in [-0.1, -0.05) is 0 Å². The van der Waals surface area contributed by atoms with Gasteiger partial charge < -0.3 is 9.47 Å². The van der Waals surface area contributed by atoms with Crippen molar-refractivity contribution in [1.82, 2.24) is 4.98 Å². The molecule has 0 aliphatic heterocycles. The smallest absolute Gasteiger partial charge is 0.167 e. The van der Waals surface area contributed by atoms with Crippen LogP contribution in [0.4, 0.5) is 0 Å². The molecule has 1 heterocycles. The van der Waals surface area contributed by atoms with Crippen LogP contribution in [-0.2, 0) is 4.74 Å². The SMILES string of the molecule is COC(C)CC(=O)c1cncc(OC(C)C)c1. The number of hydrogen-bond donors (Lipinski definition) is 0. The van der Waals surface area contributed by atoms with Gasteiger partial charge in [0.05, 0.1) is 18.4 Å². The molecule has 0 N–H and O–H groups in total. The van der Waals surface area contributed by atoms with Crippen molar-refractivity contribution >= 4 is 5.78 Å². The van der Waals surface area contributed by atoms with Crippen molar-refractivity contribution in [2.75, 3.05) is 7.11 Å². The Morgan fingerprint density at radius 1 is 1.35 bits per heavy atom. The molecular formula is C13H19NO3. The number of hydrogen-bond acceptors (Lipinski definition) is 4. The first-order valence-electron chi connectivity index (χ1n) is 5.70. The number of carbonyl (C=O) groups is 1. The topological polar surface area (TPSA) is 48.4 Å². The molecule has 0 aliphatic carbocycles. The van der Waals surface area contributed by atoms with Crippen LogP contribution in [0.15, 0.2) is 18.5 Å². The molecule has 1 rings (SSSR count). The van der Waals surface area contributed by atoms with E-state index in [2.05, 4.69) is 4.98 Å². The number of Topliss-reactive ketones (excluding diaryl/α,β-unsaturated/α-hetero) is 1. The number of rotatable bonds is 6. The summed E-state index contributed by atoms with van der Waals surface area (Å²) in [6, 6.07) is 1.72. The van der Waals surface area contributed by atoms with Gasteiger partial charge in [0.2, 0.25) is 0 Å². The highest BCUT2D eigenvalue weighted by molar-refractivity contribution is 5.96. The maximum Gasteiger partial charge on any atom is 0.167 e. The maximum absolute atomic E-state index is 11.9. The van der Waals surface area contributed by atoms with Crippen LogP contribution in [0.3, 0.4) is 0 Å². The van der Waals surface area contributed by atoms with Crippen molar-refractivity contribution in [2.45, 2.75) is 39.4 Å². The van der Waals surface area contributed by atoms with E-state index in [1.165, 1.54) is 0 Å². The Bertz CT molecular complexity index is 377. The van der Waals surface area contributed by atoms with Gasteiger partial charge in [-0.05, 0) is 26.8 Å². The minimum Gasteiger partial charge on any atom is -0.489 e. The van der Waals surface area contributed by atoms with E-state index in [0.29, 0.717) is 17.7 Å². The van der Waals surface area contributed by atoms with Crippen molar-refractivity contribution in [3.63, 3.8) is 0 Å². The predicted octanol–water partition coefficient (Wildman–Crippen LogP) is 2.48. The first-order valence-corrected chi connectivity index (χ1v) is 5.70. The van der Waals surface area contributed by atoms with E-state index >= 15 is 0 Å². The summed E-state index contributed by atoms with van der Waals surface area (Å²) in [7, 11) is 1.59. The zero-order chi connectivity index (χ0) is 12.8. The molecule has 1 aromatic rings. The number of aromatic nitrogens is 1. The second-order valence-electron chi connectivity index (χ2n) is 4.25. The third kappa shape index (κ3) is 4.53. The van der Waals surface area contributed by atoms with Gasteiger partial charge in [0, 0.05) is 25.3 Å². The second-order valence-corrected chi connectivity index (χ2v) is 4.25. The number of pyridine rings is 1. The fourth-order valence-corrected chi connectivity index (χ4v) is 1.37. The fraction of sp³-hybridized carbons (Fsp3) is 0.538. The lowest BCUT2D eigenvalue weighted by Crippen LogP contribution is -2.13. The summed E-state index contributed by atoms with van der Waals surface area (Å²) < 4.78 is 10.6. The third-order valence-corrected chi connectivity index (χ3v) is 2.28. The lowest BCUT2D eigenvalue weighted by atomic mass is 10.1. The molecule has 0 bridgehead atoms. The Morgan fingerprint density at radius 3 is 2.65 bits per heavy atom. The molecule has 0 saturated carbocycles. The summed E-state index contributed by atoms with van der Waals surface area (Å²) in [6.07, 6.45) is 3.50. The van der Waals surface area contributed by atoms with E-state index in [-0.39, 0.29) is 18.0 Å². The molecule has 4 nitrogen and oxygen atoms in total. The Labute approximate surface area is 102 Å². The molecule has 0 aliphatic rings. The molecule has 1 atom stereocenters. The summed E-state index contributed by atoms with van der Waals surface area (Å²) in [5.74, 6) is 0.636. The highest BCUT2D eigenvalue weighted by Gasteiger charge is 2.12. The highest BCUT2D eigenvalue weighted by atomic mass is 16.5. The van der Waals surface area contributed by atoms with Crippen LogP contribution in [0.2, 0.25) is 0 Å². The summed E-state index contributed by atoms with van der Waals surface area (Å²) in [4.78, 5) is 15.9. The summed E-state index contributed by atoms with van der Waals surface area (Å²) in [6.45, 7) is 5.72. The predicted molar refractivity (Wildman–Crippen MR) is 65.4 cm³/mol. The normalized spacial score (nSPS) is 12.5. The Balaban J connectivity index is 2.73. The first-order chi connectivity index (χ1) is 8.02. The van der Waals surface area contributed by atoms with Gasteiger partial charge in [-0.25, -0.2) is 0 Å². The standard InChI is InChI=1S/C13H19NO3/c1-9(2)17-12-6-11(7-14-8-12)13(15)5-10(3)16-4/h6-10H,5H2,1-4H3. The average Bonchev–Trinajstić information content (AvgIpc) is 2.28. The number of nitrogens with zero attached hydrogens (tertiary/aromatic N) is 1. The number of methoxy groups -OCH3 is 1. The summed E-state index contributed by atoms with van der Waals surface area (Å²) in [5.41, 5.74) is 0.562. The van der Waals surface area contributed by atoms with E-state index in [4.69, 9.17) is 9.47 Å². The summed E-state index contributed by atoms with van der Waals surface area (Å²) in [5, 5.41) is 0. The van der Waals surface area contributed by atoms with E-state index in [1.54, 1.807) is 25.6 Å². The Morgan fingerprint density at radius 2 is 2.06 bits per heavy atom. The molecule has 0 saturated heterocycles. The van der Waals surface area contributed by atoms with Gasteiger partial charge in [-0.3, -0.25) is 9.78 Å². The van der Waals surface area contributed by atoms with Crippen LogP contribution in [0.5, 0.6) is 5.75 Å². The zero-order valence-corrected chi connectivity index (χ0v) is 10.8. The van der Waals surface area contributed by atoms with Crippen LogP contribution in [0.1, 0.15) is 37.6 Å². The van der Waals surface area contributed by atoms with Crippen molar-refractivity contribution in [2.24, 2.45) is 0 Å². The largest absolute Gasteiger partial charge is 0.489 e. The quantitative estimate of drug-likeness (QED) is 0.713. The molecule has 0 aromatic carbocycles. The summed E-state index contributed by atoms with van der Waals surface area (Å²) >= 11 is 0. The molecule has 4 heteroatoms. The Kier molecular flexibility index (Phi) is 5.10. The molecule has 0 amide bonds.